The zero-order chi connectivity index (χ0) is 16.1. The zero-order valence-corrected chi connectivity index (χ0v) is 14.1. The van der Waals surface area contributed by atoms with Crippen LogP contribution in [0.1, 0.15) is 27.7 Å². The van der Waals surface area contributed by atoms with Crippen molar-refractivity contribution in [1.29, 1.82) is 0 Å². The largest absolute Gasteiger partial charge is 0.383 e. The number of ether oxygens (including phenoxy) is 2. The third-order valence-corrected chi connectivity index (χ3v) is 4.07. The lowest BCUT2D eigenvalue weighted by atomic mass is 10.4. The Morgan fingerprint density at radius 1 is 1.00 bits per heavy atom. The smallest absolute Gasteiger partial charge is 0.314 e. The molecule has 0 aromatic heterocycles. The average molecular weight is 334 g/mol. The van der Waals surface area contributed by atoms with Crippen molar-refractivity contribution in [2.45, 2.75) is 50.5 Å². The molecule has 1 aromatic rings. The van der Waals surface area contributed by atoms with Gasteiger partial charge in [-0.3, -0.25) is 4.57 Å². The van der Waals surface area contributed by atoms with E-state index in [4.69, 9.17) is 13.7 Å². The number of benzene rings is 1. The lowest BCUT2D eigenvalue weighted by Crippen LogP contribution is -2.39. The van der Waals surface area contributed by atoms with E-state index in [9.17, 15) is 13.0 Å². The highest BCUT2D eigenvalue weighted by molar-refractivity contribution is 7.87. The van der Waals surface area contributed by atoms with Gasteiger partial charge in [-0.1, -0.05) is 18.2 Å². The Labute approximate surface area is 126 Å². The molecule has 8 heteroatoms. The molecule has 0 heterocycles. The molecule has 0 unspecified atom stereocenters. The first-order chi connectivity index (χ1) is 9.71. The molecule has 1 rings (SSSR count). The molecule has 0 fully saturated rings. The van der Waals surface area contributed by atoms with E-state index in [-0.39, 0.29) is 4.90 Å². The van der Waals surface area contributed by atoms with Gasteiger partial charge in [0.2, 0.25) is 0 Å². The molecule has 0 aliphatic rings. The van der Waals surface area contributed by atoms with Crippen LogP contribution < -0.4 is 0 Å². The summed E-state index contributed by atoms with van der Waals surface area (Å²) in [7, 11) is -4.91. The van der Waals surface area contributed by atoms with Gasteiger partial charge in [-0.2, -0.15) is 12.6 Å². The summed E-state index contributed by atoms with van der Waals surface area (Å²) >= 11 is 0. The van der Waals surface area contributed by atoms with Gasteiger partial charge in [-0.15, -0.1) is 0 Å². The van der Waals surface area contributed by atoms with Crippen molar-refractivity contribution < 1.29 is 26.6 Å². The maximum Gasteiger partial charge on any atom is 0.383 e. The SMILES string of the molecule is CC(C)OC(OC(C)C)(OS(=O)(=O)c1ccccc1)P=O. The Balaban J connectivity index is 3.13. The van der Waals surface area contributed by atoms with Gasteiger partial charge in [-0.05, 0) is 39.8 Å². The quantitative estimate of drug-likeness (QED) is 0.413. The summed E-state index contributed by atoms with van der Waals surface area (Å²) in [5.74, 6) is 0. The van der Waals surface area contributed by atoms with Crippen LogP contribution in [0.2, 0.25) is 0 Å². The van der Waals surface area contributed by atoms with Crippen LogP contribution in [-0.2, 0) is 28.3 Å². The fourth-order valence-electron chi connectivity index (χ4n) is 1.49. The lowest BCUT2D eigenvalue weighted by Gasteiger charge is -2.29. The van der Waals surface area contributed by atoms with Crippen molar-refractivity contribution >= 4 is 18.6 Å². The second-order valence-corrected chi connectivity index (χ2v) is 7.08. The Bertz CT molecular complexity index is 545. The normalized spacial score (nSPS) is 13.2. The molecule has 6 nitrogen and oxygen atoms in total. The molecule has 0 aliphatic carbocycles. The Kier molecular flexibility index (Phi) is 6.43. The van der Waals surface area contributed by atoms with Gasteiger partial charge < -0.3 is 9.47 Å². The van der Waals surface area contributed by atoms with Crippen molar-refractivity contribution in [1.82, 2.24) is 0 Å². The van der Waals surface area contributed by atoms with Crippen LogP contribution in [0.5, 0.6) is 0 Å². The molecule has 0 N–H and O–H groups in total. The van der Waals surface area contributed by atoms with Crippen LogP contribution in [0.25, 0.3) is 0 Å². The monoisotopic (exact) mass is 334 g/mol. The van der Waals surface area contributed by atoms with Gasteiger partial charge in [-0.25, -0.2) is 0 Å². The molecule has 0 radical (unpaired) electrons. The number of hydrogen-bond acceptors (Lipinski definition) is 6. The molecule has 0 saturated heterocycles. The topological polar surface area (TPSA) is 78.9 Å². The summed E-state index contributed by atoms with van der Waals surface area (Å²) in [4.78, 5) is -0.0715. The van der Waals surface area contributed by atoms with Gasteiger partial charge in [0.05, 0.1) is 17.1 Å². The van der Waals surface area contributed by atoms with Crippen LogP contribution in [-0.4, -0.2) is 26.3 Å². The average Bonchev–Trinajstić information content (AvgIpc) is 2.37. The molecule has 1 aromatic carbocycles. The van der Waals surface area contributed by atoms with Crippen LogP contribution in [0.4, 0.5) is 0 Å². The Hall–Kier alpha value is -0.850. The molecule has 0 bridgehead atoms. The van der Waals surface area contributed by atoms with E-state index in [0.29, 0.717) is 0 Å². The van der Waals surface area contributed by atoms with Crippen LogP contribution in [0.15, 0.2) is 35.2 Å². The van der Waals surface area contributed by atoms with Crippen molar-refractivity contribution in [3.05, 3.63) is 30.3 Å². The highest BCUT2D eigenvalue weighted by Crippen LogP contribution is 2.34. The molecule has 0 amide bonds. The first-order valence-electron chi connectivity index (χ1n) is 6.41. The first kappa shape index (κ1) is 18.2. The van der Waals surface area contributed by atoms with Crippen molar-refractivity contribution in [2.75, 3.05) is 0 Å². The predicted molar refractivity (Wildman–Crippen MR) is 77.5 cm³/mol. The fraction of sp³-hybridized carbons (Fsp3) is 0.538. The van der Waals surface area contributed by atoms with E-state index in [2.05, 4.69) is 0 Å². The Morgan fingerprint density at radius 3 is 1.86 bits per heavy atom. The van der Waals surface area contributed by atoms with Crippen molar-refractivity contribution in [3.63, 3.8) is 0 Å². The van der Waals surface area contributed by atoms with Crippen LogP contribution in [0.3, 0.4) is 0 Å². The summed E-state index contributed by atoms with van der Waals surface area (Å²) < 4.78 is 51.6. The minimum absolute atomic E-state index is 0.0715. The molecule has 0 saturated carbocycles. The van der Waals surface area contributed by atoms with Crippen LogP contribution >= 0.6 is 8.46 Å². The maximum absolute atomic E-state index is 12.2. The van der Waals surface area contributed by atoms with E-state index in [1.807, 2.05) is 0 Å². The van der Waals surface area contributed by atoms with Crippen molar-refractivity contribution in [3.8, 4) is 0 Å². The van der Waals surface area contributed by atoms with E-state index >= 15 is 0 Å². The van der Waals surface area contributed by atoms with Gasteiger partial charge >= 0.3 is 15.8 Å². The molecular weight excluding hydrogens is 315 g/mol. The zero-order valence-electron chi connectivity index (χ0n) is 12.3. The van der Waals surface area contributed by atoms with Gasteiger partial charge in [0.1, 0.15) is 0 Å². The third kappa shape index (κ3) is 5.45. The summed E-state index contributed by atoms with van der Waals surface area (Å²) in [6.07, 6.45) is -0.896. The van der Waals surface area contributed by atoms with Gasteiger partial charge in [0.15, 0.2) is 0 Å². The summed E-state index contributed by atoms with van der Waals surface area (Å²) in [5.41, 5.74) is -2.20. The molecule has 118 valence electrons. The van der Waals surface area contributed by atoms with E-state index < -0.39 is 36.5 Å². The summed E-state index contributed by atoms with van der Waals surface area (Å²) in [5, 5.41) is 0. The molecular formula is C13H19O6PS. The second-order valence-electron chi connectivity index (χ2n) is 4.80. The van der Waals surface area contributed by atoms with E-state index in [1.165, 1.54) is 12.1 Å². The first-order valence-corrected chi connectivity index (χ1v) is 8.63. The molecule has 0 atom stereocenters. The van der Waals surface area contributed by atoms with Crippen molar-refractivity contribution in [2.24, 2.45) is 0 Å². The number of rotatable bonds is 8. The van der Waals surface area contributed by atoms with Gasteiger partial charge in [0.25, 0.3) is 8.46 Å². The third-order valence-electron chi connectivity index (χ3n) is 2.13. The number of hydrogen-bond donors (Lipinski definition) is 0. The maximum atomic E-state index is 12.2. The van der Waals surface area contributed by atoms with E-state index in [1.54, 1.807) is 45.9 Å². The van der Waals surface area contributed by atoms with E-state index in [0.717, 1.165) is 0 Å². The molecule has 0 aliphatic heterocycles. The minimum atomic E-state index is -4.18. The molecule has 0 spiro atoms. The standard InChI is InChI=1S/C13H19O6PS/c1-10(2)17-13(20-14,18-11(3)4)19-21(15,16)12-8-6-5-7-9-12/h5-11H,1-4H3. The minimum Gasteiger partial charge on any atom is -0.314 e. The molecule has 21 heavy (non-hydrogen) atoms. The summed E-state index contributed by atoms with van der Waals surface area (Å²) in [6, 6.07) is 7.52. The summed E-state index contributed by atoms with van der Waals surface area (Å²) in [6.45, 7) is 6.62. The lowest BCUT2D eigenvalue weighted by molar-refractivity contribution is -0.305. The highest BCUT2D eigenvalue weighted by Gasteiger charge is 2.43. The van der Waals surface area contributed by atoms with Crippen LogP contribution in [0, 0.1) is 0 Å². The Morgan fingerprint density at radius 2 is 1.48 bits per heavy atom. The second kappa shape index (κ2) is 7.42. The fourth-order valence-corrected chi connectivity index (χ4v) is 3.36. The highest BCUT2D eigenvalue weighted by atomic mass is 32.2. The van der Waals surface area contributed by atoms with Gasteiger partial charge in [0, 0.05) is 0 Å². The predicted octanol–water partition coefficient (Wildman–Crippen LogP) is 3.14.